The molecule has 0 fully saturated rings. The minimum atomic E-state index is -0.148. The van der Waals surface area contributed by atoms with Gasteiger partial charge in [-0.15, -0.1) is 0 Å². The average Bonchev–Trinajstić information content (AvgIpc) is 3.04. The number of pyridine rings is 1. The standard InChI is InChI=1S/C20H23N3O/c1-13(2)22-10-11-23(20(22,4)5)18-14(3)6-7-15-16-12-21-9-8-17(16)24-19(15)18/h6-13H,1-5H3. The van der Waals surface area contributed by atoms with Gasteiger partial charge >= 0.3 is 0 Å². The molecule has 124 valence electrons. The third-order valence-corrected chi connectivity index (χ3v) is 5.01. The molecule has 1 aliphatic rings. The van der Waals surface area contributed by atoms with Crippen molar-refractivity contribution in [3.8, 4) is 0 Å². The van der Waals surface area contributed by atoms with Gasteiger partial charge < -0.3 is 14.2 Å². The van der Waals surface area contributed by atoms with Gasteiger partial charge in [0.2, 0.25) is 0 Å². The quantitative estimate of drug-likeness (QED) is 0.663. The van der Waals surface area contributed by atoms with E-state index in [4.69, 9.17) is 4.42 Å². The van der Waals surface area contributed by atoms with Gasteiger partial charge in [-0.3, -0.25) is 4.98 Å². The van der Waals surface area contributed by atoms with E-state index in [0.29, 0.717) is 6.04 Å². The Morgan fingerprint density at radius 3 is 2.58 bits per heavy atom. The lowest BCUT2D eigenvalue weighted by atomic mass is 10.1. The minimum absolute atomic E-state index is 0.148. The maximum atomic E-state index is 6.23. The molecule has 0 amide bonds. The molecule has 0 spiro atoms. The molecule has 0 N–H and O–H groups in total. The fraction of sp³-hybridized carbons (Fsp3) is 0.350. The Bertz CT molecular complexity index is 952. The van der Waals surface area contributed by atoms with Gasteiger partial charge in [0.25, 0.3) is 0 Å². The highest BCUT2D eigenvalue weighted by Crippen LogP contribution is 2.42. The lowest BCUT2D eigenvalue weighted by molar-refractivity contribution is 0.170. The van der Waals surface area contributed by atoms with Gasteiger partial charge in [-0.1, -0.05) is 12.1 Å². The number of nitrogens with zero attached hydrogens (tertiary/aromatic N) is 3. The number of aromatic nitrogens is 1. The highest BCUT2D eigenvalue weighted by atomic mass is 16.3. The molecule has 0 saturated carbocycles. The minimum Gasteiger partial charge on any atom is -0.454 e. The zero-order chi connectivity index (χ0) is 17.1. The molecule has 0 saturated heterocycles. The second-order valence-electron chi connectivity index (χ2n) is 7.25. The van der Waals surface area contributed by atoms with E-state index >= 15 is 0 Å². The molecule has 4 heteroatoms. The highest BCUT2D eigenvalue weighted by molar-refractivity contribution is 6.09. The summed E-state index contributed by atoms with van der Waals surface area (Å²) in [7, 11) is 0. The lowest BCUT2D eigenvalue weighted by Crippen LogP contribution is -2.51. The van der Waals surface area contributed by atoms with E-state index in [0.717, 1.165) is 27.6 Å². The van der Waals surface area contributed by atoms with Crippen LogP contribution >= 0.6 is 0 Å². The summed E-state index contributed by atoms with van der Waals surface area (Å²) in [5.41, 5.74) is 4.01. The molecule has 3 heterocycles. The van der Waals surface area contributed by atoms with E-state index in [-0.39, 0.29) is 5.66 Å². The Morgan fingerprint density at radius 1 is 1.08 bits per heavy atom. The summed E-state index contributed by atoms with van der Waals surface area (Å²) in [6, 6.07) is 6.66. The molecule has 0 bridgehead atoms. The first-order chi connectivity index (χ1) is 11.4. The Morgan fingerprint density at radius 2 is 1.88 bits per heavy atom. The van der Waals surface area contributed by atoms with E-state index in [1.165, 1.54) is 5.56 Å². The molecule has 0 radical (unpaired) electrons. The summed E-state index contributed by atoms with van der Waals surface area (Å²) in [4.78, 5) is 8.94. The molecule has 1 aromatic carbocycles. The molecule has 24 heavy (non-hydrogen) atoms. The monoisotopic (exact) mass is 321 g/mol. The Balaban J connectivity index is 1.97. The van der Waals surface area contributed by atoms with Gasteiger partial charge in [0.1, 0.15) is 11.2 Å². The molecule has 2 aromatic heterocycles. The van der Waals surface area contributed by atoms with Crippen LogP contribution in [0.15, 0.2) is 47.4 Å². The molecule has 0 atom stereocenters. The van der Waals surface area contributed by atoms with E-state index in [9.17, 15) is 0 Å². The number of fused-ring (bicyclic) bond motifs is 3. The van der Waals surface area contributed by atoms with Gasteiger partial charge in [0.05, 0.1) is 5.69 Å². The van der Waals surface area contributed by atoms with Crippen LogP contribution in [0.3, 0.4) is 0 Å². The fourth-order valence-electron chi connectivity index (χ4n) is 3.85. The van der Waals surface area contributed by atoms with Crippen molar-refractivity contribution in [1.82, 2.24) is 9.88 Å². The predicted octanol–water partition coefficient (Wildman–Crippen LogP) is 5.03. The molecule has 0 aliphatic carbocycles. The second kappa shape index (κ2) is 5.00. The maximum absolute atomic E-state index is 6.23. The van der Waals surface area contributed by atoms with Gasteiger partial charge in [-0.25, -0.2) is 0 Å². The number of anilines is 1. The Hall–Kier alpha value is -2.49. The van der Waals surface area contributed by atoms with Crippen molar-refractivity contribution < 1.29 is 4.42 Å². The number of rotatable bonds is 2. The number of aryl methyl sites for hydroxylation is 1. The second-order valence-corrected chi connectivity index (χ2v) is 7.25. The zero-order valence-corrected chi connectivity index (χ0v) is 14.9. The summed E-state index contributed by atoms with van der Waals surface area (Å²) in [6.45, 7) is 11.1. The van der Waals surface area contributed by atoms with Crippen molar-refractivity contribution in [2.24, 2.45) is 0 Å². The van der Waals surface area contributed by atoms with Crippen LogP contribution in [0.25, 0.3) is 21.9 Å². The van der Waals surface area contributed by atoms with Gasteiger partial charge in [0.15, 0.2) is 5.58 Å². The van der Waals surface area contributed by atoms with Crippen molar-refractivity contribution in [2.75, 3.05) is 4.90 Å². The van der Waals surface area contributed by atoms with E-state index < -0.39 is 0 Å². The summed E-state index contributed by atoms with van der Waals surface area (Å²) < 4.78 is 6.23. The summed E-state index contributed by atoms with van der Waals surface area (Å²) >= 11 is 0. The van der Waals surface area contributed by atoms with Crippen molar-refractivity contribution in [3.63, 3.8) is 0 Å². The van der Waals surface area contributed by atoms with Crippen LogP contribution in [0, 0.1) is 6.92 Å². The van der Waals surface area contributed by atoms with Gasteiger partial charge in [-0.2, -0.15) is 0 Å². The first kappa shape index (κ1) is 15.1. The topological polar surface area (TPSA) is 32.5 Å². The molecule has 4 nitrogen and oxygen atoms in total. The van der Waals surface area contributed by atoms with E-state index in [1.54, 1.807) is 6.20 Å². The van der Waals surface area contributed by atoms with Crippen LogP contribution in [-0.4, -0.2) is 21.6 Å². The number of hydrogen-bond acceptors (Lipinski definition) is 4. The SMILES string of the molecule is Cc1ccc2c(oc3ccncc32)c1N1C=CN(C(C)C)C1(C)C. The molecule has 4 rings (SSSR count). The first-order valence-electron chi connectivity index (χ1n) is 8.43. The first-order valence-corrected chi connectivity index (χ1v) is 8.43. The van der Waals surface area contributed by atoms with Crippen LogP contribution in [0.2, 0.25) is 0 Å². The lowest BCUT2D eigenvalue weighted by Gasteiger charge is -2.42. The zero-order valence-electron chi connectivity index (χ0n) is 14.9. The predicted molar refractivity (Wildman–Crippen MR) is 98.9 cm³/mol. The molecule has 1 aliphatic heterocycles. The third-order valence-electron chi connectivity index (χ3n) is 5.01. The number of furan rings is 1. The maximum Gasteiger partial charge on any atom is 0.159 e. The molecule has 3 aromatic rings. The van der Waals surface area contributed by atoms with Crippen molar-refractivity contribution >= 4 is 27.6 Å². The van der Waals surface area contributed by atoms with Crippen molar-refractivity contribution in [2.45, 2.75) is 46.3 Å². The third kappa shape index (κ3) is 1.95. The Kier molecular flexibility index (Phi) is 3.14. The highest BCUT2D eigenvalue weighted by Gasteiger charge is 2.38. The normalized spacial score (nSPS) is 16.9. The average molecular weight is 321 g/mol. The van der Waals surface area contributed by atoms with Crippen molar-refractivity contribution in [3.05, 3.63) is 48.6 Å². The van der Waals surface area contributed by atoms with Gasteiger partial charge in [0, 0.05) is 41.6 Å². The van der Waals surface area contributed by atoms with Crippen LogP contribution in [0.1, 0.15) is 33.3 Å². The molecular formula is C20H23N3O. The van der Waals surface area contributed by atoms with Crippen LogP contribution in [0.4, 0.5) is 5.69 Å². The van der Waals surface area contributed by atoms with Gasteiger partial charge in [-0.05, 0) is 46.2 Å². The van der Waals surface area contributed by atoms with E-state index in [2.05, 4.69) is 73.9 Å². The van der Waals surface area contributed by atoms with Crippen LogP contribution < -0.4 is 4.90 Å². The van der Waals surface area contributed by atoms with Crippen molar-refractivity contribution in [1.29, 1.82) is 0 Å². The molecule has 0 unspecified atom stereocenters. The summed E-state index contributed by atoms with van der Waals surface area (Å²) in [6.07, 6.45) is 7.99. The summed E-state index contributed by atoms with van der Waals surface area (Å²) in [5, 5.41) is 2.18. The fourth-order valence-corrected chi connectivity index (χ4v) is 3.85. The summed E-state index contributed by atoms with van der Waals surface area (Å²) in [5.74, 6) is 0. The molecular weight excluding hydrogens is 298 g/mol. The van der Waals surface area contributed by atoms with Crippen LogP contribution in [0.5, 0.6) is 0 Å². The largest absolute Gasteiger partial charge is 0.454 e. The number of hydrogen-bond donors (Lipinski definition) is 0. The van der Waals surface area contributed by atoms with E-state index in [1.807, 2.05) is 12.3 Å². The number of benzene rings is 1. The Labute approximate surface area is 142 Å². The smallest absolute Gasteiger partial charge is 0.159 e. The van der Waals surface area contributed by atoms with Crippen LogP contribution in [-0.2, 0) is 0 Å².